The van der Waals surface area contributed by atoms with Gasteiger partial charge in [0.1, 0.15) is 34.6 Å². The fourth-order valence-electron chi connectivity index (χ4n) is 2.22. The first kappa shape index (κ1) is 18.2. The van der Waals surface area contributed by atoms with E-state index < -0.39 is 40.7 Å². The number of hydrogen-bond acceptors (Lipinski definition) is 1. The standard InChI is InChI=1S/C17H14F6O/c1-3-4-10-5-14(20)16(15(21)6-10)17(22,23)24-11-7-12(18)9(2)13(19)8-11/h5-8H,3-4H2,1-2H3. The zero-order valence-corrected chi connectivity index (χ0v) is 12.9. The molecule has 2 aromatic rings. The molecule has 0 bridgehead atoms. The highest BCUT2D eigenvalue weighted by molar-refractivity contribution is 5.33. The Hall–Kier alpha value is -2.18. The van der Waals surface area contributed by atoms with E-state index in [0.29, 0.717) is 25.0 Å². The molecule has 2 aromatic carbocycles. The van der Waals surface area contributed by atoms with E-state index in [2.05, 4.69) is 4.74 Å². The summed E-state index contributed by atoms with van der Waals surface area (Å²) in [6, 6.07) is 2.62. The molecule has 7 heteroatoms. The largest absolute Gasteiger partial charge is 0.432 e. The molecule has 0 aromatic heterocycles. The van der Waals surface area contributed by atoms with Gasteiger partial charge in [-0.05, 0) is 31.0 Å². The molecule has 0 saturated carbocycles. The fourth-order valence-corrected chi connectivity index (χ4v) is 2.22. The Labute approximate surface area is 134 Å². The molecule has 24 heavy (non-hydrogen) atoms. The van der Waals surface area contributed by atoms with Crippen LogP contribution in [-0.2, 0) is 12.5 Å². The number of ether oxygens (including phenoxy) is 1. The van der Waals surface area contributed by atoms with Crippen molar-refractivity contribution in [2.24, 2.45) is 0 Å². The Bertz CT molecular complexity index is 711. The van der Waals surface area contributed by atoms with Crippen molar-refractivity contribution in [3.63, 3.8) is 0 Å². The third-order valence-corrected chi connectivity index (χ3v) is 3.43. The quantitative estimate of drug-likeness (QED) is 0.636. The zero-order valence-electron chi connectivity index (χ0n) is 12.9. The molecule has 0 fully saturated rings. The van der Waals surface area contributed by atoms with E-state index in [9.17, 15) is 26.3 Å². The van der Waals surface area contributed by atoms with Crippen LogP contribution in [0.15, 0.2) is 24.3 Å². The first-order valence-corrected chi connectivity index (χ1v) is 7.16. The second-order valence-electron chi connectivity index (χ2n) is 5.32. The summed E-state index contributed by atoms with van der Waals surface area (Å²) in [6.45, 7) is 2.88. The van der Waals surface area contributed by atoms with Crippen molar-refractivity contribution in [1.82, 2.24) is 0 Å². The lowest BCUT2D eigenvalue weighted by Crippen LogP contribution is -2.25. The maximum atomic E-state index is 14.1. The summed E-state index contributed by atoms with van der Waals surface area (Å²) in [7, 11) is 0. The molecular weight excluding hydrogens is 334 g/mol. The monoisotopic (exact) mass is 348 g/mol. The van der Waals surface area contributed by atoms with Gasteiger partial charge in [-0.3, -0.25) is 0 Å². The molecule has 0 heterocycles. The van der Waals surface area contributed by atoms with E-state index in [4.69, 9.17) is 0 Å². The Morgan fingerprint density at radius 1 is 0.875 bits per heavy atom. The first-order valence-electron chi connectivity index (χ1n) is 7.16. The third kappa shape index (κ3) is 3.66. The number of halogens is 6. The van der Waals surface area contributed by atoms with Crippen LogP contribution in [0.2, 0.25) is 0 Å². The van der Waals surface area contributed by atoms with E-state index in [1.165, 1.54) is 0 Å². The average molecular weight is 348 g/mol. The maximum Gasteiger partial charge on any atom is 0.432 e. The highest BCUT2D eigenvalue weighted by Gasteiger charge is 2.41. The molecule has 0 spiro atoms. The summed E-state index contributed by atoms with van der Waals surface area (Å²) in [5, 5.41) is 0. The predicted octanol–water partition coefficient (Wildman–Crippen LogP) is 5.63. The lowest BCUT2D eigenvalue weighted by atomic mass is 10.1. The van der Waals surface area contributed by atoms with Gasteiger partial charge in [-0.15, -0.1) is 0 Å². The van der Waals surface area contributed by atoms with Gasteiger partial charge < -0.3 is 4.74 Å². The van der Waals surface area contributed by atoms with Crippen LogP contribution in [0.5, 0.6) is 5.75 Å². The van der Waals surface area contributed by atoms with Crippen LogP contribution in [0.25, 0.3) is 0 Å². The molecule has 0 aliphatic rings. The highest BCUT2D eigenvalue weighted by atomic mass is 19.3. The van der Waals surface area contributed by atoms with Crippen molar-refractivity contribution < 1.29 is 31.1 Å². The Morgan fingerprint density at radius 3 is 1.83 bits per heavy atom. The van der Waals surface area contributed by atoms with E-state index >= 15 is 0 Å². The summed E-state index contributed by atoms with van der Waals surface area (Å²) in [5.74, 6) is -6.08. The van der Waals surface area contributed by atoms with Crippen LogP contribution in [0.3, 0.4) is 0 Å². The van der Waals surface area contributed by atoms with Gasteiger partial charge in [-0.2, -0.15) is 8.78 Å². The first-order chi connectivity index (χ1) is 11.2. The molecule has 130 valence electrons. The van der Waals surface area contributed by atoms with Gasteiger partial charge in [0, 0.05) is 17.7 Å². The van der Waals surface area contributed by atoms with Gasteiger partial charge in [0.05, 0.1) is 0 Å². The van der Waals surface area contributed by atoms with Gasteiger partial charge in [-0.25, -0.2) is 17.6 Å². The molecule has 2 rings (SSSR count). The zero-order chi connectivity index (χ0) is 18.1. The van der Waals surface area contributed by atoms with Crippen LogP contribution in [0, 0.1) is 30.2 Å². The van der Waals surface area contributed by atoms with Gasteiger partial charge in [0.25, 0.3) is 0 Å². The highest BCUT2D eigenvalue weighted by Crippen LogP contribution is 2.36. The molecule has 0 unspecified atom stereocenters. The molecule has 0 radical (unpaired) electrons. The lowest BCUT2D eigenvalue weighted by Gasteiger charge is -2.20. The smallest absolute Gasteiger partial charge is 0.429 e. The Kier molecular flexibility index (Phi) is 5.11. The summed E-state index contributed by atoms with van der Waals surface area (Å²) in [4.78, 5) is 0. The Morgan fingerprint density at radius 2 is 1.38 bits per heavy atom. The minimum atomic E-state index is -4.44. The number of rotatable bonds is 5. The summed E-state index contributed by atoms with van der Waals surface area (Å²) in [6.07, 6.45) is -3.55. The molecule has 0 aliphatic carbocycles. The van der Waals surface area contributed by atoms with E-state index in [1.54, 1.807) is 6.92 Å². The molecule has 0 saturated heterocycles. The normalized spacial score (nSPS) is 11.7. The van der Waals surface area contributed by atoms with Crippen LogP contribution in [0.4, 0.5) is 26.3 Å². The summed E-state index contributed by atoms with van der Waals surface area (Å²) in [5.41, 5.74) is -1.77. The van der Waals surface area contributed by atoms with Crippen LogP contribution in [0.1, 0.15) is 30.0 Å². The van der Waals surface area contributed by atoms with Crippen molar-refractivity contribution in [2.75, 3.05) is 0 Å². The predicted molar refractivity (Wildman–Crippen MR) is 76.0 cm³/mol. The maximum absolute atomic E-state index is 14.1. The molecule has 0 N–H and O–H groups in total. The molecule has 0 amide bonds. The minimum absolute atomic E-state index is 0.222. The van der Waals surface area contributed by atoms with Gasteiger partial charge >= 0.3 is 6.11 Å². The minimum Gasteiger partial charge on any atom is -0.429 e. The number of benzene rings is 2. The van der Waals surface area contributed by atoms with Crippen LogP contribution >= 0.6 is 0 Å². The van der Waals surface area contributed by atoms with E-state index in [1.807, 2.05) is 0 Å². The summed E-state index contributed by atoms with van der Waals surface area (Å²) < 4.78 is 87.0. The van der Waals surface area contributed by atoms with E-state index in [-0.39, 0.29) is 11.1 Å². The third-order valence-electron chi connectivity index (χ3n) is 3.43. The molecule has 1 nitrogen and oxygen atoms in total. The van der Waals surface area contributed by atoms with E-state index in [0.717, 1.165) is 19.1 Å². The molecule has 0 atom stereocenters. The van der Waals surface area contributed by atoms with Crippen molar-refractivity contribution in [3.8, 4) is 5.75 Å². The van der Waals surface area contributed by atoms with Gasteiger partial charge in [-0.1, -0.05) is 13.3 Å². The van der Waals surface area contributed by atoms with Crippen molar-refractivity contribution in [2.45, 2.75) is 32.8 Å². The topological polar surface area (TPSA) is 9.23 Å². The van der Waals surface area contributed by atoms with Crippen molar-refractivity contribution >= 4 is 0 Å². The second kappa shape index (κ2) is 6.75. The van der Waals surface area contributed by atoms with Crippen molar-refractivity contribution in [3.05, 3.63) is 64.2 Å². The van der Waals surface area contributed by atoms with Crippen LogP contribution < -0.4 is 4.74 Å². The molecule has 0 aliphatic heterocycles. The second-order valence-corrected chi connectivity index (χ2v) is 5.32. The number of aryl methyl sites for hydroxylation is 1. The van der Waals surface area contributed by atoms with Crippen molar-refractivity contribution in [1.29, 1.82) is 0 Å². The summed E-state index contributed by atoms with van der Waals surface area (Å²) >= 11 is 0. The molecular formula is C17H14F6O. The number of hydrogen-bond donors (Lipinski definition) is 0. The van der Waals surface area contributed by atoms with Crippen LogP contribution in [-0.4, -0.2) is 0 Å². The average Bonchev–Trinajstić information content (AvgIpc) is 2.43. The van der Waals surface area contributed by atoms with Gasteiger partial charge in [0.2, 0.25) is 0 Å². The SMILES string of the molecule is CCCc1cc(F)c(C(F)(F)Oc2cc(F)c(C)c(F)c2)c(F)c1. The fraction of sp³-hybridized carbons (Fsp3) is 0.294. The van der Waals surface area contributed by atoms with Gasteiger partial charge in [0.15, 0.2) is 0 Å². The Balaban J connectivity index is 2.40. The number of alkyl halides is 2. The lowest BCUT2D eigenvalue weighted by molar-refractivity contribution is -0.189.